The van der Waals surface area contributed by atoms with Crippen LogP contribution in [0.5, 0.6) is 0 Å². The number of thiophene rings is 2. The predicted octanol–water partition coefficient (Wildman–Crippen LogP) is 4.72. The normalized spacial score (nSPS) is 11.8. The monoisotopic (exact) mass is 417 g/mol. The molecule has 1 amide bonds. The molecule has 0 saturated carbocycles. The maximum atomic E-state index is 13.2. The van der Waals surface area contributed by atoms with Gasteiger partial charge in [-0.1, -0.05) is 24.3 Å². The number of benzene rings is 1. The van der Waals surface area contributed by atoms with Gasteiger partial charge in [0.15, 0.2) is 6.61 Å². The topological polar surface area (TPSA) is 55.4 Å². The average molecular weight is 418 g/mol. The van der Waals surface area contributed by atoms with Gasteiger partial charge in [0.25, 0.3) is 5.91 Å². The number of halogens is 1. The van der Waals surface area contributed by atoms with Gasteiger partial charge in [0.2, 0.25) is 0 Å². The van der Waals surface area contributed by atoms with Gasteiger partial charge in [-0.15, -0.1) is 22.7 Å². The minimum absolute atomic E-state index is 0.275. The fourth-order valence-corrected chi connectivity index (χ4v) is 4.27. The second kappa shape index (κ2) is 10.1. The SMILES string of the molecule is O=C(COC(=O)CCCc1cccs1)N[C@@H](c1ccc(F)cc1)c1cccs1. The minimum Gasteiger partial charge on any atom is -0.456 e. The molecule has 0 aliphatic heterocycles. The largest absolute Gasteiger partial charge is 0.456 e. The molecule has 7 heteroatoms. The molecule has 0 spiro atoms. The molecular weight excluding hydrogens is 397 g/mol. The van der Waals surface area contributed by atoms with Gasteiger partial charge in [-0.05, 0) is 53.4 Å². The maximum absolute atomic E-state index is 13.2. The highest BCUT2D eigenvalue weighted by molar-refractivity contribution is 7.10. The first-order valence-electron chi connectivity index (χ1n) is 8.88. The van der Waals surface area contributed by atoms with Gasteiger partial charge in [0, 0.05) is 16.2 Å². The third-order valence-electron chi connectivity index (χ3n) is 4.08. The van der Waals surface area contributed by atoms with E-state index in [0.29, 0.717) is 6.42 Å². The summed E-state index contributed by atoms with van der Waals surface area (Å²) in [5, 5.41) is 6.77. The van der Waals surface area contributed by atoms with E-state index in [-0.39, 0.29) is 24.8 Å². The smallest absolute Gasteiger partial charge is 0.306 e. The van der Waals surface area contributed by atoms with Crippen LogP contribution >= 0.6 is 22.7 Å². The van der Waals surface area contributed by atoms with Gasteiger partial charge in [-0.3, -0.25) is 9.59 Å². The summed E-state index contributed by atoms with van der Waals surface area (Å²) in [5.74, 6) is -1.12. The Morgan fingerprint density at radius 2 is 1.79 bits per heavy atom. The number of carbonyl (C=O) groups is 2. The molecule has 2 aromatic heterocycles. The van der Waals surface area contributed by atoms with Crippen LogP contribution in [0.15, 0.2) is 59.3 Å². The summed E-state index contributed by atoms with van der Waals surface area (Å²) < 4.78 is 18.3. The van der Waals surface area contributed by atoms with E-state index < -0.39 is 11.9 Å². The van der Waals surface area contributed by atoms with Gasteiger partial charge >= 0.3 is 5.97 Å². The Kier molecular flexibility index (Phi) is 7.33. The van der Waals surface area contributed by atoms with Gasteiger partial charge in [-0.2, -0.15) is 0 Å². The summed E-state index contributed by atoms with van der Waals surface area (Å²) in [4.78, 5) is 26.3. The van der Waals surface area contributed by atoms with Crippen LogP contribution in [0.25, 0.3) is 0 Å². The van der Waals surface area contributed by atoms with Crippen molar-refractivity contribution in [3.8, 4) is 0 Å². The first kappa shape index (κ1) is 20.2. The molecule has 4 nitrogen and oxygen atoms in total. The molecule has 0 saturated heterocycles. The van der Waals surface area contributed by atoms with E-state index in [1.54, 1.807) is 23.5 Å². The van der Waals surface area contributed by atoms with Crippen molar-refractivity contribution in [2.75, 3.05) is 6.61 Å². The van der Waals surface area contributed by atoms with Crippen LogP contribution in [0.4, 0.5) is 4.39 Å². The predicted molar refractivity (Wildman–Crippen MR) is 109 cm³/mol. The van der Waals surface area contributed by atoms with E-state index in [1.165, 1.54) is 28.3 Å². The van der Waals surface area contributed by atoms with E-state index in [1.807, 2.05) is 35.0 Å². The molecule has 2 heterocycles. The van der Waals surface area contributed by atoms with Crippen molar-refractivity contribution in [2.24, 2.45) is 0 Å². The molecule has 3 aromatic rings. The van der Waals surface area contributed by atoms with Crippen molar-refractivity contribution in [1.29, 1.82) is 0 Å². The van der Waals surface area contributed by atoms with Crippen molar-refractivity contribution in [1.82, 2.24) is 5.32 Å². The van der Waals surface area contributed by atoms with Crippen molar-refractivity contribution >= 4 is 34.6 Å². The van der Waals surface area contributed by atoms with Gasteiger partial charge in [0.05, 0.1) is 6.04 Å². The summed E-state index contributed by atoms with van der Waals surface area (Å²) in [6, 6.07) is 13.4. The van der Waals surface area contributed by atoms with E-state index in [9.17, 15) is 14.0 Å². The highest BCUT2D eigenvalue weighted by Gasteiger charge is 2.19. The fraction of sp³-hybridized carbons (Fsp3) is 0.238. The molecule has 1 atom stereocenters. The molecule has 1 N–H and O–H groups in total. The van der Waals surface area contributed by atoms with Gasteiger partial charge in [0.1, 0.15) is 5.82 Å². The molecule has 0 bridgehead atoms. The summed E-state index contributed by atoms with van der Waals surface area (Å²) >= 11 is 3.15. The number of nitrogens with one attached hydrogen (secondary N) is 1. The molecule has 0 radical (unpaired) electrons. The summed E-state index contributed by atoms with van der Waals surface area (Å²) in [6.07, 6.45) is 1.79. The maximum Gasteiger partial charge on any atom is 0.306 e. The van der Waals surface area contributed by atoms with Crippen molar-refractivity contribution in [3.05, 3.63) is 80.4 Å². The second-order valence-electron chi connectivity index (χ2n) is 6.16. The summed E-state index contributed by atoms with van der Waals surface area (Å²) in [7, 11) is 0. The molecule has 28 heavy (non-hydrogen) atoms. The van der Waals surface area contributed by atoms with Crippen molar-refractivity contribution < 1.29 is 18.7 Å². The summed E-state index contributed by atoms with van der Waals surface area (Å²) in [6.45, 7) is -0.332. The number of hydrogen-bond acceptors (Lipinski definition) is 5. The lowest BCUT2D eigenvalue weighted by molar-refractivity contribution is -0.148. The van der Waals surface area contributed by atoms with Crippen LogP contribution < -0.4 is 5.32 Å². The zero-order chi connectivity index (χ0) is 19.8. The molecule has 0 unspecified atom stereocenters. The lowest BCUT2D eigenvalue weighted by Crippen LogP contribution is -2.32. The van der Waals surface area contributed by atoms with Gasteiger partial charge in [-0.25, -0.2) is 4.39 Å². The molecule has 0 aliphatic carbocycles. The Morgan fingerprint density at radius 3 is 2.46 bits per heavy atom. The standard InChI is InChI=1S/C21H20FNO3S2/c22-16-10-8-15(9-11-16)21(18-6-3-13-28-18)23-19(24)14-26-20(25)7-1-4-17-5-2-12-27-17/h2-3,5-6,8-13,21H,1,4,7,14H2,(H,23,24)/t21-/m0/s1. The Bertz CT molecular complexity index is 877. The van der Waals surface area contributed by atoms with Crippen LogP contribution in [-0.4, -0.2) is 18.5 Å². The Hall–Kier alpha value is -2.51. The summed E-state index contributed by atoms with van der Waals surface area (Å²) in [5.41, 5.74) is 0.763. The Morgan fingerprint density at radius 1 is 1.04 bits per heavy atom. The molecule has 0 aliphatic rings. The minimum atomic E-state index is -0.411. The van der Waals surface area contributed by atoms with Crippen LogP contribution in [-0.2, 0) is 20.7 Å². The van der Waals surface area contributed by atoms with E-state index >= 15 is 0 Å². The van der Waals surface area contributed by atoms with Crippen LogP contribution in [0.3, 0.4) is 0 Å². The third-order valence-corrected chi connectivity index (χ3v) is 5.96. The quantitative estimate of drug-likeness (QED) is 0.513. The third kappa shape index (κ3) is 6.00. The number of rotatable bonds is 9. The highest BCUT2D eigenvalue weighted by Crippen LogP contribution is 2.26. The van der Waals surface area contributed by atoms with Gasteiger partial charge < -0.3 is 10.1 Å². The lowest BCUT2D eigenvalue weighted by Gasteiger charge is -2.18. The number of carbonyl (C=O) groups excluding carboxylic acids is 2. The molecule has 1 aromatic carbocycles. The van der Waals surface area contributed by atoms with Crippen LogP contribution in [0.2, 0.25) is 0 Å². The lowest BCUT2D eigenvalue weighted by atomic mass is 10.1. The molecule has 146 valence electrons. The second-order valence-corrected chi connectivity index (χ2v) is 8.17. The number of hydrogen-bond donors (Lipinski definition) is 1. The first-order valence-corrected chi connectivity index (χ1v) is 10.6. The molecule has 0 fully saturated rings. The van der Waals surface area contributed by atoms with Crippen LogP contribution in [0.1, 0.15) is 34.2 Å². The Balaban J connectivity index is 1.49. The average Bonchev–Trinajstić information content (AvgIpc) is 3.39. The van der Waals surface area contributed by atoms with E-state index in [2.05, 4.69) is 5.32 Å². The number of aryl methyl sites for hydroxylation is 1. The Labute approximate surface area is 171 Å². The number of ether oxygens (including phenoxy) is 1. The first-order chi connectivity index (χ1) is 13.6. The molecular formula is C21H20FNO3S2. The van der Waals surface area contributed by atoms with E-state index in [4.69, 9.17) is 4.74 Å². The highest BCUT2D eigenvalue weighted by atomic mass is 32.1. The van der Waals surface area contributed by atoms with Crippen LogP contribution in [0, 0.1) is 5.82 Å². The fourth-order valence-electron chi connectivity index (χ4n) is 2.71. The molecule has 3 rings (SSSR count). The van der Waals surface area contributed by atoms with Crippen molar-refractivity contribution in [2.45, 2.75) is 25.3 Å². The zero-order valence-electron chi connectivity index (χ0n) is 15.1. The number of amides is 1. The van der Waals surface area contributed by atoms with Crippen molar-refractivity contribution in [3.63, 3.8) is 0 Å². The van der Waals surface area contributed by atoms with E-state index in [0.717, 1.165) is 16.9 Å². The zero-order valence-corrected chi connectivity index (χ0v) is 16.7. The number of esters is 1.